The Balaban J connectivity index is 1.63. The van der Waals surface area contributed by atoms with Gasteiger partial charge in [-0.05, 0) is 83.7 Å². The lowest BCUT2D eigenvalue weighted by Gasteiger charge is -2.56. The van der Waals surface area contributed by atoms with Crippen LogP contribution in [0, 0.1) is 40.4 Å². The molecule has 1 heterocycles. The summed E-state index contributed by atoms with van der Waals surface area (Å²) >= 11 is 0. The van der Waals surface area contributed by atoms with Crippen LogP contribution in [-0.2, 0) is 0 Å². The van der Waals surface area contributed by atoms with E-state index in [1.165, 1.54) is 31.3 Å². The summed E-state index contributed by atoms with van der Waals surface area (Å²) in [5, 5.41) is 20.5. The SMILES string of the molecule is C[C@H]1CC[C@](C)([C@H]2CC[C@]3(C)C4=C(C=NC4)C[C@H]3[C@@H]2CO)[C@@H](CO)C1. The summed E-state index contributed by atoms with van der Waals surface area (Å²) in [6.07, 6.45) is 9.24. The standard InChI is InChI=1S/C22H35NO2/c1-14-4-6-21(2,16(8-14)12-24)18-5-7-22(3)19(17(18)13-25)9-15-10-23-11-20(15)22/h10,14,16-19,24-25H,4-9,11-13H2,1-3H3/t14-,16+,17+,18-,19-,21-,22-/m0/s1. The second kappa shape index (κ2) is 6.20. The summed E-state index contributed by atoms with van der Waals surface area (Å²) in [7, 11) is 0. The molecule has 0 amide bonds. The van der Waals surface area contributed by atoms with E-state index in [0.717, 1.165) is 25.3 Å². The van der Waals surface area contributed by atoms with Gasteiger partial charge >= 0.3 is 0 Å². The van der Waals surface area contributed by atoms with Crippen LogP contribution in [0.4, 0.5) is 0 Å². The van der Waals surface area contributed by atoms with Gasteiger partial charge in [-0.25, -0.2) is 0 Å². The normalized spacial score (nSPS) is 49.4. The van der Waals surface area contributed by atoms with Crippen LogP contribution in [0.25, 0.3) is 0 Å². The summed E-state index contributed by atoms with van der Waals surface area (Å²) < 4.78 is 0. The second-order valence-electron chi connectivity index (χ2n) is 9.96. The van der Waals surface area contributed by atoms with Crippen molar-refractivity contribution in [1.29, 1.82) is 0 Å². The van der Waals surface area contributed by atoms with E-state index >= 15 is 0 Å². The lowest BCUT2D eigenvalue weighted by atomic mass is 9.48. The Bertz CT molecular complexity index is 597. The Labute approximate surface area is 152 Å². The molecule has 7 atom stereocenters. The topological polar surface area (TPSA) is 52.8 Å². The van der Waals surface area contributed by atoms with Crippen LogP contribution in [0.15, 0.2) is 16.1 Å². The van der Waals surface area contributed by atoms with Gasteiger partial charge in [0.2, 0.25) is 0 Å². The van der Waals surface area contributed by atoms with Gasteiger partial charge in [0, 0.05) is 19.4 Å². The number of aliphatic imine (C=N–C) groups is 1. The van der Waals surface area contributed by atoms with Crippen molar-refractivity contribution in [2.45, 2.75) is 59.3 Å². The van der Waals surface area contributed by atoms with Crippen LogP contribution in [0.5, 0.6) is 0 Å². The Morgan fingerprint density at radius 1 is 1.12 bits per heavy atom. The third-order valence-electron chi connectivity index (χ3n) is 8.91. The molecule has 4 aliphatic rings. The summed E-state index contributed by atoms with van der Waals surface area (Å²) in [6.45, 7) is 8.67. The van der Waals surface area contributed by atoms with Gasteiger partial charge in [-0.2, -0.15) is 0 Å². The van der Waals surface area contributed by atoms with Gasteiger partial charge in [-0.15, -0.1) is 0 Å². The monoisotopic (exact) mass is 345 g/mol. The van der Waals surface area contributed by atoms with Crippen LogP contribution in [-0.4, -0.2) is 36.2 Å². The average molecular weight is 346 g/mol. The minimum Gasteiger partial charge on any atom is -0.396 e. The van der Waals surface area contributed by atoms with Crippen molar-refractivity contribution in [1.82, 2.24) is 0 Å². The molecule has 3 aliphatic carbocycles. The van der Waals surface area contributed by atoms with Crippen molar-refractivity contribution in [2.24, 2.45) is 45.4 Å². The molecule has 0 unspecified atom stereocenters. The zero-order chi connectivity index (χ0) is 17.8. The Morgan fingerprint density at radius 3 is 2.64 bits per heavy atom. The number of nitrogens with zero attached hydrogens (tertiary/aromatic N) is 1. The first-order valence-corrected chi connectivity index (χ1v) is 10.4. The minimum atomic E-state index is 0.178. The highest BCUT2D eigenvalue weighted by Crippen LogP contribution is 2.64. The van der Waals surface area contributed by atoms with E-state index < -0.39 is 0 Å². The van der Waals surface area contributed by atoms with Crippen molar-refractivity contribution in [3.05, 3.63) is 11.1 Å². The van der Waals surface area contributed by atoms with Crippen molar-refractivity contribution >= 4 is 6.21 Å². The number of fused-ring (bicyclic) bond motifs is 2. The molecule has 2 saturated carbocycles. The molecular weight excluding hydrogens is 310 g/mol. The van der Waals surface area contributed by atoms with E-state index in [9.17, 15) is 10.2 Å². The summed E-state index contributed by atoms with van der Waals surface area (Å²) in [5.74, 6) is 2.58. The maximum atomic E-state index is 10.4. The van der Waals surface area contributed by atoms with Crippen LogP contribution in [0.1, 0.15) is 59.3 Å². The fraction of sp³-hybridized carbons (Fsp3) is 0.864. The molecule has 4 rings (SSSR count). The molecule has 0 radical (unpaired) electrons. The maximum absolute atomic E-state index is 10.4. The lowest BCUT2D eigenvalue weighted by molar-refractivity contribution is -0.0943. The molecule has 0 aromatic carbocycles. The van der Waals surface area contributed by atoms with Gasteiger partial charge < -0.3 is 10.2 Å². The van der Waals surface area contributed by atoms with Crippen molar-refractivity contribution < 1.29 is 10.2 Å². The number of hydrogen-bond acceptors (Lipinski definition) is 3. The first kappa shape index (κ1) is 17.7. The number of aliphatic hydroxyl groups excluding tert-OH is 2. The smallest absolute Gasteiger partial charge is 0.0611 e. The molecule has 25 heavy (non-hydrogen) atoms. The highest BCUT2D eigenvalue weighted by Gasteiger charge is 2.57. The number of rotatable bonds is 3. The molecule has 140 valence electrons. The average Bonchev–Trinajstić information content (AvgIpc) is 3.17. The van der Waals surface area contributed by atoms with Crippen LogP contribution < -0.4 is 0 Å². The Kier molecular flexibility index (Phi) is 4.39. The first-order chi connectivity index (χ1) is 11.9. The molecule has 0 spiro atoms. The fourth-order valence-electron chi connectivity index (χ4n) is 7.22. The molecule has 2 N–H and O–H groups in total. The zero-order valence-electron chi connectivity index (χ0n) is 16.2. The van der Waals surface area contributed by atoms with Gasteiger partial charge in [0.15, 0.2) is 0 Å². The lowest BCUT2D eigenvalue weighted by Crippen LogP contribution is -2.51. The molecule has 0 saturated heterocycles. The highest BCUT2D eigenvalue weighted by atomic mass is 16.3. The van der Waals surface area contributed by atoms with Crippen LogP contribution in [0.3, 0.4) is 0 Å². The molecular formula is C22H35NO2. The molecule has 2 fully saturated rings. The minimum absolute atomic E-state index is 0.178. The predicted molar refractivity (Wildman–Crippen MR) is 102 cm³/mol. The maximum Gasteiger partial charge on any atom is 0.0611 e. The number of allylic oxidation sites excluding steroid dienone is 1. The summed E-state index contributed by atoms with van der Waals surface area (Å²) in [5.41, 5.74) is 3.45. The fourth-order valence-corrected chi connectivity index (χ4v) is 7.22. The zero-order valence-corrected chi connectivity index (χ0v) is 16.2. The number of hydrogen-bond donors (Lipinski definition) is 2. The first-order valence-electron chi connectivity index (χ1n) is 10.4. The Morgan fingerprint density at radius 2 is 1.92 bits per heavy atom. The quantitative estimate of drug-likeness (QED) is 0.816. The summed E-state index contributed by atoms with van der Waals surface area (Å²) in [4.78, 5) is 4.52. The Hall–Kier alpha value is -0.670. The largest absolute Gasteiger partial charge is 0.396 e. The molecule has 3 heteroatoms. The highest BCUT2D eigenvalue weighted by molar-refractivity contribution is 5.84. The van der Waals surface area contributed by atoms with Crippen molar-refractivity contribution in [3.63, 3.8) is 0 Å². The van der Waals surface area contributed by atoms with E-state index in [0.29, 0.717) is 36.9 Å². The van der Waals surface area contributed by atoms with Crippen LogP contribution in [0.2, 0.25) is 0 Å². The van der Waals surface area contributed by atoms with Crippen LogP contribution >= 0.6 is 0 Å². The molecule has 0 aromatic rings. The molecule has 3 nitrogen and oxygen atoms in total. The number of aliphatic hydroxyl groups is 2. The molecule has 0 bridgehead atoms. The van der Waals surface area contributed by atoms with E-state index in [2.05, 4.69) is 32.0 Å². The van der Waals surface area contributed by atoms with E-state index in [1.807, 2.05) is 0 Å². The van der Waals surface area contributed by atoms with Crippen molar-refractivity contribution in [3.8, 4) is 0 Å². The van der Waals surface area contributed by atoms with Gasteiger partial charge in [0.25, 0.3) is 0 Å². The predicted octanol–water partition coefficient (Wildman–Crippen LogP) is 3.85. The van der Waals surface area contributed by atoms with E-state index in [4.69, 9.17) is 0 Å². The van der Waals surface area contributed by atoms with Gasteiger partial charge in [0.05, 0.1) is 6.54 Å². The third kappa shape index (κ3) is 2.49. The van der Waals surface area contributed by atoms with Crippen molar-refractivity contribution in [2.75, 3.05) is 19.8 Å². The molecule has 1 aliphatic heterocycles. The third-order valence-corrected chi connectivity index (χ3v) is 8.91. The van der Waals surface area contributed by atoms with Gasteiger partial charge in [-0.3, -0.25) is 4.99 Å². The second-order valence-corrected chi connectivity index (χ2v) is 9.96. The van der Waals surface area contributed by atoms with E-state index in [-0.39, 0.29) is 10.8 Å². The van der Waals surface area contributed by atoms with E-state index in [1.54, 1.807) is 5.57 Å². The summed E-state index contributed by atoms with van der Waals surface area (Å²) in [6, 6.07) is 0. The molecule has 0 aromatic heterocycles. The van der Waals surface area contributed by atoms with Gasteiger partial charge in [0.1, 0.15) is 0 Å². The van der Waals surface area contributed by atoms with Gasteiger partial charge in [-0.1, -0.05) is 27.2 Å².